The molecule has 0 aromatic heterocycles. The molecular formula is C33H65O8PS. The van der Waals surface area contributed by atoms with Crippen LogP contribution in [0.25, 0.3) is 0 Å². The van der Waals surface area contributed by atoms with Crippen molar-refractivity contribution >= 4 is 30.1 Å². The fraction of sp³-hybridized carbons (Fsp3) is 0.939. The molecule has 2 N–H and O–H groups in total. The van der Waals surface area contributed by atoms with E-state index in [0.717, 1.165) is 32.1 Å². The number of hydrogen-bond donors (Lipinski definition) is 2. The van der Waals surface area contributed by atoms with Crippen molar-refractivity contribution in [3.63, 3.8) is 0 Å². The molecule has 0 radical (unpaired) electrons. The molecule has 3 atom stereocenters. The summed E-state index contributed by atoms with van der Waals surface area (Å²) < 4.78 is 28.0. The number of carbonyl (C=O) groups excluding carboxylic acids is 2. The van der Waals surface area contributed by atoms with Gasteiger partial charge in [-0.05, 0) is 31.1 Å². The number of unbranched alkanes of at least 4 members (excludes halogenated alkanes) is 20. The molecule has 0 bridgehead atoms. The first-order valence-electron chi connectivity index (χ1n) is 17.4. The Labute approximate surface area is 267 Å². The van der Waals surface area contributed by atoms with Crippen molar-refractivity contribution in [1.29, 1.82) is 0 Å². The molecule has 256 valence electrons. The summed E-state index contributed by atoms with van der Waals surface area (Å²) in [5.74, 6) is -0.824. The number of ether oxygens (including phenoxy) is 2. The monoisotopic (exact) mass is 652 g/mol. The van der Waals surface area contributed by atoms with Crippen molar-refractivity contribution in [3.8, 4) is 0 Å². The van der Waals surface area contributed by atoms with E-state index in [1.165, 1.54) is 110 Å². The molecule has 2 unspecified atom stereocenters. The molecule has 0 spiro atoms. The van der Waals surface area contributed by atoms with Crippen molar-refractivity contribution in [1.82, 2.24) is 0 Å². The van der Waals surface area contributed by atoms with E-state index in [-0.39, 0.29) is 25.4 Å². The number of esters is 2. The highest BCUT2D eigenvalue weighted by Crippen LogP contribution is 2.57. The zero-order valence-corrected chi connectivity index (χ0v) is 29.4. The molecule has 43 heavy (non-hydrogen) atoms. The van der Waals surface area contributed by atoms with Crippen LogP contribution in [0, 0.1) is 0 Å². The maximum absolute atomic E-state index is 12.5. The van der Waals surface area contributed by atoms with Crippen LogP contribution in [0.5, 0.6) is 0 Å². The van der Waals surface area contributed by atoms with E-state index in [1.54, 1.807) is 0 Å². The Morgan fingerprint density at radius 1 is 0.628 bits per heavy atom. The van der Waals surface area contributed by atoms with Gasteiger partial charge >= 0.3 is 18.7 Å². The van der Waals surface area contributed by atoms with Gasteiger partial charge in [-0.25, -0.2) is 4.57 Å². The maximum atomic E-state index is 12.5. The lowest BCUT2D eigenvalue weighted by atomic mass is 10.1. The summed E-state index contributed by atoms with van der Waals surface area (Å²) in [6.45, 7) is 1.03. The third-order valence-corrected chi connectivity index (χ3v) is 10.5. The van der Waals surface area contributed by atoms with E-state index in [1.807, 2.05) is 0 Å². The van der Waals surface area contributed by atoms with Gasteiger partial charge in [0.05, 0.1) is 6.61 Å². The Morgan fingerprint density at radius 3 is 1.40 bits per heavy atom. The van der Waals surface area contributed by atoms with Crippen molar-refractivity contribution in [3.05, 3.63) is 0 Å². The standard InChI is InChI=1S/C33H65O8PS/c1-4-6-8-10-12-14-16-18-20-22-24-26-32(35)39-28-31(29-40-42(37,38)43-30(3)34)41-33(36)27-25-23-21-19-17-15-13-11-9-7-5-2/h30-31,34H,4-29H2,1-3H3,(H,37,38)/t30?,31-/m1/s1. The van der Waals surface area contributed by atoms with Gasteiger partial charge in [0, 0.05) is 12.8 Å². The first-order valence-corrected chi connectivity index (χ1v) is 20.4. The molecule has 0 fully saturated rings. The van der Waals surface area contributed by atoms with Crippen LogP contribution in [0.3, 0.4) is 0 Å². The lowest BCUT2D eigenvalue weighted by Gasteiger charge is -2.20. The number of hydrogen-bond acceptors (Lipinski definition) is 8. The van der Waals surface area contributed by atoms with Crippen molar-refractivity contribution in [2.75, 3.05) is 13.2 Å². The van der Waals surface area contributed by atoms with E-state index < -0.39 is 30.9 Å². The summed E-state index contributed by atoms with van der Waals surface area (Å²) in [6, 6.07) is 0. The zero-order chi connectivity index (χ0) is 32.0. The normalized spacial score (nSPS) is 14.3. The summed E-state index contributed by atoms with van der Waals surface area (Å²) in [6.07, 6.45) is 25.6. The van der Waals surface area contributed by atoms with Crippen molar-refractivity contribution < 1.29 is 38.2 Å². The molecule has 0 aliphatic rings. The van der Waals surface area contributed by atoms with E-state index in [2.05, 4.69) is 13.8 Å². The van der Waals surface area contributed by atoms with Gasteiger partial charge in [-0.3, -0.25) is 14.1 Å². The lowest BCUT2D eigenvalue weighted by Crippen LogP contribution is -2.29. The first-order chi connectivity index (χ1) is 20.7. The van der Waals surface area contributed by atoms with Crippen LogP contribution in [0.15, 0.2) is 0 Å². The van der Waals surface area contributed by atoms with Crippen LogP contribution >= 0.6 is 18.2 Å². The topological polar surface area (TPSA) is 119 Å². The largest absolute Gasteiger partial charge is 0.462 e. The Hall–Kier alpha value is -0.600. The molecule has 0 aromatic carbocycles. The summed E-state index contributed by atoms with van der Waals surface area (Å²) in [7, 11) is 0. The van der Waals surface area contributed by atoms with Crippen LogP contribution in [0.1, 0.15) is 175 Å². The maximum Gasteiger partial charge on any atom is 0.389 e. The number of rotatable bonds is 32. The second-order valence-corrected chi connectivity index (χ2v) is 15.9. The second-order valence-electron chi connectivity index (χ2n) is 11.8. The van der Waals surface area contributed by atoms with Gasteiger partial charge in [0.2, 0.25) is 0 Å². The smallest absolute Gasteiger partial charge is 0.389 e. The lowest BCUT2D eigenvalue weighted by molar-refractivity contribution is -0.161. The predicted molar refractivity (Wildman–Crippen MR) is 178 cm³/mol. The van der Waals surface area contributed by atoms with Gasteiger partial charge in [0.15, 0.2) is 6.10 Å². The summed E-state index contributed by atoms with van der Waals surface area (Å²) in [4.78, 5) is 34.6. The Bertz CT molecular complexity index is 706. The molecule has 10 heteroatoms. The Balaban J connectivity index is 4.27. The van der Waals surface area contributed by atoms with Crippen molar-refractivity contribution in [2.45, 2.75) is 186 Å². The molecule has 0 heterocycles. The van der Waals surface area contributed by atoms with Gasteiger partial charge in [0.25, 0.3) is 0 Å². The highest BCUT2D eigenvalue weighted by Gasteiger charge is 2.27. The van der Waals surface area contributed by atoms with Crippen LogP contribution < -0.4 is 0 Å². The molecule has 0 saturated carbocycles. The fourth-order valence-corrected chi connectivity index (χ4v) is 7.21. The van der Waals surface area contributed by atoms with Gasteiger partial charge in [-0.1, -0.05) is 142 Å². The molecule has 0 aliphatic heterocycles. The van der Waals surface area contributed by atoms with E-state index >= 15 is 0 Å². The molecule has 0 amide bonds. The molecule has 0 aliphatic carbocycles. The quantitative estimate of drug-likeness (QED) is 0.0317. The fourth-order valence-electron chi connectivity index (χ4n) is 4.89. The minimum absolute atomic E-state index is 0.236. The van der Waals surface area contributed by atoms with Crippen LogP contribution in [-0.4, -0.2) is 46.7 Å². The average Bonchev–Trinajstić information content (AvgIpc) is 2.95. The van der Waals surface area contributed by atoms with Gasteiger partial charge in [0.1, 0.15) is 12.0 Å². The second kappa shape index (κ2) is 30.1. The molecule has 8 nitrogen and oxygen atoms in total. The number of carbonyl (C=O) groups is 2. The predicted octanol–water partition coefficient (Wildman–Crippen LogP) is 10.0. The number of aliphatic hydroxyl groups is 1. The number of aliphatic hydroxyl groups excluding tert-OH is 1. The molecule has 0 rings (SSSR count). The van der Waals surface area contributed by atoms with Crippen LogP contribution in [-0.2, 0) is 28.2 Å². The van der Waals surface area contributed by atoms with Gasteiger partial charge < -0.3 is 19.5 Å². The van der Waals surface area contributed by atoms with Crippen LogP contribution in [0.4, 0.5) is 0 Å². The highest BCUT2D eigenvalue weighted by atomic mass is 32.7. The molecular weight excluding hydrogens is 587 g/mol. The first kappa shape index (κ1) is 42.4. The minimum atomic E-state index is -4.15. The van der Waals surface area contributed by atoms with Gasteiger partial charge in [-0.15, -0.1) is 0 Å². The van der Waals surface area contributed by atoms with Gasteiger partial charge in [-0.2, -0.15) is 0 Å². The SMILES string of the molecule is CCCCCCCCCCCCCC(=O)OC[C@H](COP(=O)(O)SC(C)O)OC(=O)CCCCCCCCCCCCC. The Morgan fingerprint density at radius 2 is 1.00 bits per heavy atom. The summed E-state index contributed by atoms with van der Waals surface area (Å²) in [5, 5.41) is 9.41. The minimum Gasteiger partial charge on any atom is -0.462 e. The zero-order valence-electron chi connectivity index (χ0n) is 27.7. The third-order valence-electron chi connectivity index (χ3n) is 7.41. The third kappa shape index (κ3) is 31.2. The van der Waals surface area contributed by atoms with E-state index in [9.17, 15) is 24.2 Å². The van der Waals surface area contributed by atoms with E-state index in [0.29, 0.717) is 17.8 Å². The molecule has 0 aromatic rings. The Kier molecular flexibility index (Phi) is 29.7. The summed E-state index contributed by atoms with van der Waals surface area (Å²) >= 11 is 0.392. The van der Waals surface area contributed by atoms with Crippen molar-refractivity contribution in [2.24, 2.45) is 0 Å². The highest BCUT2D eigenvalue weighted by molar-refractivity contribution is 8.55. The summed E-state index contributed by atoms with van der Waals surface area (Å²) in [5.41, 5.74) is -1.10. The average molecular weight is 653 g/mol. The van der Waals surface area contributed by atoms with Crippen LogP contribution in [0.2, 0.25) is 0 Å². The molecule has 0 saturated heterocycles. The van der Waals surface area contributed by atoms with E-state index in [4.69, 9.17) is 14.0 Å².